The van der Waals surface area contributed by atoms with Crippen molar-refractivity contribution >= 4 is 17.5 Å². The van der Waals surface area contributed by atoms with Crippen LogP contribution in [0.25, 0.3) is 11.4 Å². The molecule has 1 aliphatic heterocycles. The zero-order chi connectivity index (χ0) is 15.1. The Kier molecular flexibility index (Phi) is 2.90. The number of anilines is 1. The van der Waals surface area contributed by atoms with Crippen LogP contribution in [0.15, 0.2) is 48.5 Å². The molecule has 0 saturated heterocycles. The molecule has 6 nitrogen and oxygen atoms in total. The van der Waals surface area contributed by atoms with Gasteiger partial charge < -0.3 is 10.5 Å². The zero-order valence-electron chi connectivity index (χ0n) is 11.4. The quantitative estimate of drug-likeness (QED) is 0.760. The van der Waals surface area contributed by atoms with Gasteiger partial charge in [-0.15, -0.1) is 10.2 Å². The van der Waals surface area contributed by atoms with Crippen molar-refractivity contribution in [2.45, 2.75) is 6.23 Å². The number of nitrogens with two attached hydrogens (primary N) is 1. The Balaban J connectivity index is 1.79. The van der Waals surface area contributed by atoms with Crippen molar-refractivity contribution in [3.05, 3.63) is 59.1 Å². The van der Waals surface area contributed by atoms with Gasteiger partial charge in [-0.2, -0.15) is 0 Å². The van der Waals surface area contributed by atoms with Crippen LogP contribution in [0, 0.1) is 0 Å². The van der Waals surface area contributed by atoms with E-state index in [2.05, 4.69) is 15.6 Å². The smallest absolute Gasteiger partial charge is 0.241 e. The number of rotatable bonds is 2. The standard InChI is InChI=1S/C15H12ClN5O/c16-11-7-3-4-8-12(11)22-14-10-6-2-1-5-9(10)13-18-19-15(17)21(13)20-14/h1-8,14,20H,(H2,17,19). The van der Waals surface area contributed by atoms with Crippen LogP contribution in [0.1, 0.15) is 11.8 Å². The highest BCUT2D eigenvalue weighted by Crippen LogP contribution is 2.36. The van der Waals surface area contributed by atoms with Gasteiger partial charge in [0.05, 0.1) is 5.02 Å². The second-order valence-electron chi connectivity index (χ2n) is 4.86. The van der Waals surface area contributed by atoms with E-state index in [-0.39, 0.29) is 5.95 Å². The third-order valence-electron chi connectivity index (χ3n) is 3.50. The Hall–Kier alpha value is -2.73. The molecule has 2 aromatic carbocycles. The van der Waals surface area contributed by atoms with Crippen LogP contribution in [0.5, 0.6) is 5.75 Å². The zero-order valence-corrected chi connectivity index (χ0v) is 12.2. The summed E-state index contributed by atoms with van der Waals surface area (Å²) >= 11 is 6.17. The van der Waals surface area contributed by atoms with Gasteiger partial charge in [-0.25, -0.2) is 4.68 Å². The van der Waals surface area contributed by atoms with Gasteiger partial charge in [0, 0.05) is 11.1 Å². The molecule has 3 aromatic rings. The minimum absolute atomic E-state index is 0.275. The Morgan fingerprint density at radius 1 is 1.09 bits per heavy atom. The molecule has 0 spiro atoms. The van der Waals surface area contributed by atoms with E-state index < -0.39 is 6.23 Å². The van der Waals surface area contributed by atoms with Crippen molar-refractivity contribution < 1.29 is 4.74 Å². The molecule has 0 radical (unpaired) electrons. The van der Waals surface area contributed by atoms with Crippen LogP contribution in [-0.2, 0) is 0 Å². The van der Waals surface area contributed by atoms with Crippen molar-refractivity contribution in [3.63, 3.8) is 0 Å². The summed E-state index contributed by atoms with van der Waals surface area (Å²) in [4.78, 5) is 0. The number of fused-ring (bicyclic) bond motifs is 3. The maximum Gasteiger partial charge on any atom is 0.241 e. The minimum Gasteiger partial charge on any atom is -0.464 e. The number of nitrogens with zero attached hydrogens (tertiary/aromatic N) is 3. The van der Waals surface area contributed by atoms with Crippen molar-refractivity contribution in [2.24, 2.45) is 0 Å². The van der Waals surface area contributed by atoms with E-state index in [1.54, 1.807) is 10.7 Å². The summed E-state index contributed by atoms with van der Waals surface area (Å²) < 4.78 is 7.63. The molecule has 7 heteroatoms. The van der Waals surface area contributed by atoms with Crippen molar-refractivity contribution in [2.75, 3.05) is 11.2 Å². The molecule has 1 atom stereocenters. The predicted molar refractivity (Wildman–Crippen MR) is 84.1 cm³/mol. The van der Waals surface area contributed by atoms with E-state index in [0.29, 0.717) is 16.6 Å². The predicted octanol–water partition coefficient (Wildman–Crippen LogP) is 2.82. The van der Waals surface area contributed by atoms with E-state index in [1.165, 1.54) is 0 Å². The van der Waals surface area contributed by atoms with Gasteiger partial charge in [0.1, 0.15) is 5.75 Å². The van der Waals surface area contributed by atoms with E-state index in [4.69, 9.17) is 22.1 Å². The molecule has 0 fully saturated rings. The first-order valence-corrected chi connectivity index (χ1v) is 7.10. The highest BCUT2D eigenvalue weighted by molar-refractivity contribution is 6.32. The van der Waals surface area contributed by atoms with Crippen LogP contribution < -0.4 is 15.9 Å². The summed E-state index contributed by atoms with van der Waals surface area (Å²) in [6.07, 6.45) is -0.443. The summed E-state index contributed by atoms with van der Waals surface area (Å²) in [5, 5.41) is 8.55. The molecule has 2 heterocycles. The van der Waals surface area contributed by atoms with Crippen LogP contribution in [0.2, 0.25) is 5.02 Å². The second-order valence-corrected chi connectivity index (χ2v) is 5.27. The molecule has 1 aromatic heterocycles. The van der Waals surface area contributed by atoms with E-state index >= 15 is 0 Å². The summed E-state index contributed by atoms with van der Waals surface area (Å²) in [6, 6.07) is 15.1. The number of hydrogen-bond donors (Lipinski definition) is 2. The largest absolute Gasteiger partial charge is 0.464 e. The lowest BCUT2D eigenvalue weighted by atomic mass is 10.0. The fraction of sp³-hybridized carbons (Fsp3) is 0.0667. The molecule has 4 rings (SSSR count). The Morgan fingerprint density at radius 3 is 2.73 bits per heavy atom. The van der Waals surface area contributed by atoms with Gasteiger partial charge in [-0.1, -0.05) is 48.0 Å². The van der Waals surface area contributed by atoms with Gasteiger partial charge in [0.2, 0.25) is 12.2 Å². The van der Waals surface area contributed by atoms with Crippen LogP contribution in [-0.4, -0.2) is 14.9 Å². The van der Waals surface area contributed by atoms with Crippen molar-refractivity contribution in [1.29, 1.82) is 0 Å². The number of nitrogens with one attached hydrogen (secondary N) is 1. The fourth-order valence-corrected chi connectivity index (χ4v) is 2.65. The summed E-state index contributed by atoms with van der Waals surface area (Å²) in [5.74, 6) is 1.52. The molecule has 0 amide bonds. The summed E-state index contributed by atoms with van der Waals surface area (Å²) in [7, 11) is 0. The summed E-state index contributed by atoms with van der Waals surface area (Å²) in [6.45, 7) is 0. The fourth-order valence-electron chi connectivity index (χ4n) is 2.47. The first kappa shape index (κ1) is 13.0. The number of aromatic nitrogens is 3. The maximum atomic E-state index is 6.17. The lowest BCUT2D eigenvalue weighted by Gasteiger charge is -2.29. The molecule has 22 heavy (non-hydrogen) atoms. The SMILES string of the molecule is Nc1nnc2n1NC(Oc1ccccc1Cl)c1ccccc1-2. The highest BCUT2D eigenvalue weighted by atomic mass is 35.5. The van der Waals surface area contributed by atoms with E-state index in [0.717, 1.165) is 11.1 Å². The molecule has 1 unspecified atom stereocenters. The Morgan fingerprint density at radius 2 is 1.86 bits per heavy atom. The molecule has 0 bridgehead atoms. The normalized spacial score (nSPS) is 15.6. The van der Waals surface area contributed by atoms with Gasteiger partial charge in [0.25, 0.3) is 0 Å². The number of para-hydroxylation sites is 1. The molecule has 0 saturated carbocycles. The average molecular weight is 314 g/mol. The molecule has 3 N–H and O–H groups in total. The molecular formula is C15H12ClN5O. The topological polar surface area (TPSA) is 78.0 Å². The lowest BCUT2D eigenvalue weighted by molar-refractivity contribution is 0.217. The third-order valence-corrected chi connectivity index (χ3v) is 3.81. The van der Waals surface area contributed by atoms with Crippen molar-refractivity contribution in [1.82, 2.24) is 14.9 Å². The minimum atomic E-state index is -0.443. The number of nitrogen functional groups attached to an aromatic ring is 1. The lowest BCUT2D eigenvalue weighted by Crippen LogP contribution is -2.31. The molecule has 1 aliphatic rings. The number of ether oxygens (including phenoxy) is 1. The average Bonchev–Trinajstić information content (AvgIpc) is 2.91. The monoisotopic (exact) mass is 313 g/mol. The second kappa shape index (κ2) is 4.92. The van der Waals surface area contributed by atoms with Gasteiger partial charge in [0.15, 0.2) is 5.82 Å². The van der Waals surface area contributed by atoms with Gasteiger partial charge in [-0.3, -0.25) is 5.43 Å². The highest BCUT2D eigenvalue weighted by Gasteiger charge is 2.28. The first-order valence-electron chi connectivity index (χ1n) is 6.72. The molecule has 0 aliphatic carbocycles. The number of benzene rings is 2. The number of hydrogen-bond acceptors (Lipinski definition) is 5. The van der Waals surface area contributed by atoms with E-state index in [1.807, 2.05) is 42.5 Å². The Labute approximate surface area is 131 Å². The van der Waals surface area contributed by atoms with Crippen LogP contribution in [0.4, 0.5) is 5.95 Å². The first-order chi connectivity index (χ1) is 10.7. The van der Waals surface area contributed by atoms with Crippen molar-refractivity contribution in [3.8, 4) is 17.1 Å². The van der Waals surface area contributed by atoms with Crippen LogP contribution >= 0.6 is 11.6 Å². The van der Waals surface area contributed by atoms with E-state index in [9.17, 15) is 0 Å². The van der Waals surface area contributed by atoms with Crippen LogP contribution in [0.3, 0.4) is 0 Å². The molecular weight excluding hydrogens is 302 g/mol. The van der Waals surface area contributed by atoms with Gasteiger partial charge >= 0.3 is 0 Å². The third kappa shape index (κ3) is 1.96. The molecule has 110 valence electrons. The maximum absolute atomic E-state index is 6.17. The Bertz CT molecular complexity index is 847. The number of halogens is 1. The summed E-state index contributed by atoms with van der Waals surface area (Å²) in [5.41, 5.74) is 10.9. The van der Waals surface area contributed by atoms with Gasteiger partial charge in [-0.05, 0) is 12.1 Å².